The van der Waals surface area contributed by atoms with E-state index in [1.807, 2.05) is 30.3 Å². The second kappa shape index (κ2) is 9.64. The van der Waals surface area contributed by atoms with E-state index in [0.717, 1.165) is 11.3 Å². The number of esters is 1. The molecule has 28 heavy (non-hydrogen) atoms. The molecule has 0 fully saturated rings. The predicted octanol–water partition coefficient (Wildman–Crippen LogP) is 4.88. The molecule has 0 amide bonds. The molecule has 0 unspecified atom stereocenters. The van der Waals surface area contributed by atoms with E-state index in [-0.39, 0.29) is 0 Å². The number of nitrogens with zero attached hydrogens (tertiary/aromatic N) is 1. The third-order valence-corrected chi connectivity index (χ3v) is 3.99. The number of ether oxygens (including phenoxy) is 1. The number of rotatable bonds is 5. The number of anilines is 1. The fourth-order valence-corrected chi connectivity index (χ4v) is 2.61. The van der Waals surface area contributed by atoms with Crippen molar-refractivity contribution >= 4 is 46.8 Å². The van der Waals surface area contributed by atoms with Crippen LogP contribution in [0.1, 0.15) is 15.9 Å². The quantitative estimate of drug-likeness (QED) is 0.207. The van der Waals surface area contributed by atoms with E-state index in [1.165, 1.54) is 0 Å². The molecule has 2 N–H and O–H groups in total. The first-order valence-corrected chi connectivity index (χ1v) is 9.12. The van der Waals surface area contributed by atoms with Crippen molar-refractivity contribution < 1.29 is 9.53 Å². The van der Waals surface area contributed by atoms with E-state index >= 15 is 0 Å². The molecule has 0 aromatic heterocycles. The first kappa shape index (κ1) is 19.5. The molecule has 3 rings (SSSR count). The van der Waals surface area contributed by atoms with Gasteiger partial charge in [-0.25, -0.2) is 4.79 Å². The lowest BCUT2D eigenvalue weighted by Crippen LogP contribution is -2.23. The Hall–Kier alpha value is -3.22. The van der Waals surface area contributed by atoms with E-state index < -0.39 is 5.97 Å². The Kier molecular flexibility index (Phi) is 6.73. The third-order valence-electron chi connectivity index (χ3n) is 3.56. The van der Waals surface area contributed by atoms with Gasteiger partial charge in [-0.15, -0.1) is 0 Å². The number of carbonyl (C=O) groups excluding carboxylic acids is 1. The monoisotopic (exact) mass is 409 g/mol. The average Bonchev–Trinajstić information content (AvgIpc) is 2.70. The molecule has 7 heteroatoms. The maximum absolute atomic E-state index is 12.1. The van der Waals surface area contributed by atoms with Crippen LogP contribution >= 0.6 is 23.8 Å². The van der Waals surface area contributed by atoms with Crippen molar-refractivity contribution in [2.75, 3.05) is 5.32 Å². The van der Waals surface area contributed by atoms with Gasteiger partial charge >= 0.3 is 5.97 Å². The molecule has 0 atom stereocenters. The fraction of sp³-hybridized carbons (Fsp3) is 0. The van der Waals surface area contributed by atoms with Gasteiger partial charge in [0.15, 0.2) is 5.11 Å². The van der Waals surface area contributed by atoms with Gasteiger partial charge in [0.05, 0.1) is 11.8 Å². The smallest absolute Gasteiger partial charge is 0.343 e. The zero-order chi connectivity index (χ0) is 19.8. The molecule has 0 spiro atoms. The Labute approximate surface area is 173 Å². The van der Waals surface area contributed by atoms with Crippen molar-refractivity contribution in [1.29, 1.82) is 0 Å². The zero-order valence-corrected chi connectivity index (χ0v) is 16.2. The molecular formula is C21H16ClN3O2S. The van der Waals surface area contributed by atoms with Crippen molar-refractivity contribution in [2.45, 2.75) is 0 Å². The third kappa shape index (κ3) is 5.90. The summed E-state index contributed by atoms with van der Waals surface area (Å²) in [4.78, 5) is 12.1. The van der Waals surface area contributed by atoms with Gasteiger partial charge in [-0.1, -0.05) is 35.9 Å². The van der Waals surface area contributed by atoms with Crippen molar-refractivity contribution in [3.8, 4) is 5.75 Å². The SMILES string of the molecule is O=C(Oc1ccc(/C=N/NC(=S)Nc2ccccc2)cc1)c1cccc(Cl)c1. The second-order valence-corrected chi connectivity index (χ2v) is 6.50. The number of hydrogen-bond donors (Lipinski definition) is 2. The van der Waals surface area contributed by atoms with Crippen molar-refractivity contribution in [1.82, 2.24) is 5.43 Å². The normalized spacial score (nSPS) is 10.5. The van der Waals surface area contributed by atoms with Crippen LogP contribution in [0.25, 0.3) is 0 Å². The number of halogens is 1. The van der Waals surface area contributed by atoms with Gasteiger partial charge < -0.3 is 10.1 Å². The highest BCUT2D eigenvalue weighted by Crippen LogP contribution is 2.16. The van der Waals surface area contributed by atoms with E-state index in [1.54, 1.807) is 54.7 Å². The van der Waals surface area contributed by atoms with Crippen LogP contribution in [0.15, 0.2) is 84.0 Å². The van der Waals surface area contributed by atoms with Crippen molar-refractivity contribution in [2.24, 2.45) is 5.10 Å². The lowest BCUT2D eigenvalue weighted by Gasteiger charge is -2.06. The maximum atomic E-state index is 12.1. The number of para-hydroxylation sites is 1. The Morgan fingerprint density at radius 1 is 1.00 bits per heavy atom. The lowest BCUT2D eigenvalue weighted by atomic mass is 10.2. The maximum Gasteiger partial charge on any atom is 0.343 e. The van der Waals surface area contributed by atoms with Crippen LogP contribution in [0.5, 0.6) is 5.75 Å². The van der Waals surface area contributed by atoms with Crippen LogP contribution in [-0.2, 0) is 0 Å². The molecule has 0 bridgehead atoms. The van der Waals surface area contributed by atoms with Gasteiger partial charge in [0.2, 0.25) is 0 Å². The highest BCUT2D eigenvalue weighted by atomic mass is 35.5. The molecule has 3 aromatic carbocycles. The highest BCUT2D eigenvalue weighted by molar-refractivity contribution is 7.80. The number of hydrazone groups is 1. The molecule has 0 saturated carbocycles. The minimum absolute atomic E-state index is 0.384. The number of benzene rings is 3. The van der Waals surface area contributed by atoms with E-state index in [9.17, 15) is 4.79 Å². The molecule has 140 valence electrons. The van der Waals surface area contributed by atoms with Gasteiger partial charge in [-0.05, 0) is 72.4 Å². The Balaban J connectivity index is 1.52. The highest BCUT2D eigenvalue weighted by Gasteiger charge is 2.08. The van der Waals surface area contributed by atoms with Crippen LogP contribution in [0.2, 0.25) is 5.02 Å². The minimum Gasteiger partial charge on any atom is -0.423 e. The summed E-state index contributed by atoms with van der Waals surface area (Å²) >= 11 is 11.1. The van der Waals surface area contributed by atoms with Crippen molar-refractivity contribution in [3.05, 3.63) is 95.0 Å². The lowest BCUT2D eigenvalue weighted by molar-refractivity contribution is 0.0735. The topological polar surface area (TPSA) is 62.7 Å². The number of thiocarbonyl (C=S) groups is 1. The molecule has 5 nitrogen and oxygen atoms in total. The zero-order valence-electron chi connectivity index (χ0n) is 14.6. The molecule has 0 saturated heterocycles. The van der Waals surface area contributed by atoms with E-state index in [2.05, 4.69) is 15.8 Å². The first-order valence-electron chi connectivity index (χ1n) is 8.33. The van der Waals surface area contributed by atoms with Crippen LogP contribution < -0.4 is 15.5 Å². The average molecular weight is 410 g/mol. The largest absolute Gasteiger partial charge is 0.423 e. The summed E-state index contributed by atoms with van der Waals surface area (Å²) in [7, 11) is 0. The molecule has 0 aliphatic heterocycles. The summed E-state index contributed by atoms with van der Waals surface area (Å²) in [6, 6.07) is 23.1. The molecule has 0 heterocycles. The Bertz CT molecular complexity index is 992. The van der Waals surface area contributed by atoms with Crippen LogP contribution in [-0.4, -0.2) is 17.3 Å². The molecule has 0 radical (unpaired) electrons. The van der Waals surface area contributed by atoms with Gasteiger partial charge in [0, 0.05) is 10.7 Å². The molecule has 0 aliphatic rings. The van der Waals surface area contributed by atoms with Gasteiger partial charge in [-0.3, -0.25) is 5.43 Å². The Morgan fingerprint density at radius 3 is 2.46 bits per heavy atom. The summed E-state index contributed by atoms with van der Waals surface area (Å²) in [5, 5.41) is 7.97. The second-order valence-electron chi connectivity index (χ2n) is 5.66. The van der Waals surface area contributed by atoms with Crippen molar-refractivity contribution in [3.63, 3.8) is 0 Å². The van der Waals surface area contributed by atoms with E-state index in [4.69, 9.17) is 28.6 Å². The molecule has 0 aliphatic carbocycles. The number of nitrogens with one attached hydrogen (secondary N) is 2. The Morgan fingerprint density at radius 2 is 1.75 bits per heavy atom. The summed E-state index contributed by atoms with van der Waals surface area (Å²) in [6.45, 7) is 0. The number of carbonyl (C=O) groups is 1. The van der Waals surface area contributed by atoms with Gasteiger partial charge in [0.1, 0.15) is 5.75 Å². The summed E-state index contributed by atoms with van der Waals surface area (Å²) < 4.78 is 5.33. The van der Waals surface area contributed by atoms with Crippen LogP contribution in [0.4, 0.5) is 5.69 Å². The fourth-order valence-electron chi connectivity index (χ4n) is 2.25. The van der Waals surface area contributed by atoms with Gasteiger partial charge in [0.25, 0.3) is 0 Å². The minimum atomic E-state index is -0.470. The van der Waals surface area contributed by atoms with E-state index in [0.29, 0.717) is 21.4 Å². The van der Waals surface area contributed by atoms with Crippen LogP contribution in [0.3, 0.4) is 0 Å². The number of hydrogen-bond acceptors (Lipinski definition) is 4. The molecular weight excluding hydrogens is 394 g/mol. The summed E-state index contributed by atoms with van der Waals surface area (Å²) in [5.41, 5.74) is 4.83. The predicted molar refractivity (Wildman–Crippen MR) is 116 cm³/mol. The summed E-state index contributed by atoms with van der Waals surface area (Å²) in [5.74, 6) is -0.0423. The van der Waals surface area contributed by atoms with Crippen LogP contribution in [0, 0.1) is 0 Å². The molecule has 3 aromatic rings. The standard InChI is InChI=1S/C21H16ClN3O2S/c22-17-6-4-5-16(13-17)20(26)27-19-11-9-15(10-12-19)14-23-25-21(28)24-18-7-2-1-3-8-18/h1-14H,(H2,24,25,28)/b23-14+. The summed E-state index contributed by atoms with van der Waals surface area (Å²) in [6.07, 6.45) is 1.61. The first-order chi connectivity index (χ1) is 13.6. The van der Waals surface area contributed by atoms with Gasteiger partial charge in [-0.2, -0.15) is 5.10 Å².